The molecule has 0 bridgehead atoms. The van der Waals surface area contributed by atoms with Crippen LogP contribution in [0.15, 0.2) is 107 Å². The van der Waals surface area contributed by atoms with Crippen LogP contribution in [0, 0.1) is 0 Å². The van der Waals surface area contributed by atoms with Gasteiger partial charge in [-0.05, 0) is 23.3 Å². The molecule has 0 amide bonds. The van der Waals surface area contributed by atoms with E-state index in [-0.39, 0.29) is 9.80 Å². The van der Waals surface area contributed by atoms with Crippen LogP contribution in [0.25, 0.3) is 0 Å². The molecule has 0 heterocycles. The molecule has 0 unspecified atom stereocenters. The fourth-order valence-corrected chi connectivity index (χ4v) is 4.21. The fourth-order valence-electron chi connectivity index (χ4n) is 2.78. The van der Waals surface area contributed by atoms with Gasteiger partial charge < -0.3 is 5.11 Å². The SMILES string of the molecule is C=C(C(O)(c1ccccc1)c1ccccc1)S(=O)(=O)c1ccccc1. The summed E-state index contributed by atoms with van der Waals surface area (Å²) in [4.78, 5) is -0.172. The van der Waals surface area contributed by atoms with Crippen LogP contribution in [0.3, 0.4) is 0 Å². The lowest BCUT2D eigenvalue weighted by Crippen LogP contribution is -2.33. The zero-order valence-corrected chi connectivity index (χ0v) is 14.4. The summed E-state index contributed by atoms with van der Waals surface area (Å²) >= 11 is 0. The Bertz CT molecular complexity index is 924. The Hall–Kier alpha value is -2.69. The first-order valence-electron chi connectivity index (χ1n) is 7.80. The van der Waals surface area contributed by atoms with Crippen LogP contribution < -0.4 is 0 Å². The van der Waals surface area contributed by atoms with Crippen LogP contribution in [-0.4, -0.2) is 13.5 Å². The standard InChI is InChI=1S/C21H18O3S/c1-17(25(23,24)20-15-9-4-10-16-20)21(22,18-11-5-2-6-12-18)19-13-7-3-8-14-19/h2-16,22H,1H2. The van der Waals surface area contributed by atoms with Gasteiger partial charge in [-0.1, -0.05) is 85.4 Å². The van der Waals surface area contributed by atoms with E-state index in [4.69, 9.17) is 0 Å². The quantitative estimate of drug-likeness (QED) is 0.759. The number of aliphatic hydroxyl groups is 1. The Balaban J connectivity index is 2.21. The van der Waals surface area contributed by atoms with Gasteiger partial charge in [-0.3, -0.25) is 0 Å². The zero-order chi connectivity index (χ0) is 17.9. The fraction of sp³-hybridized carbons (Fsp3) is 0.0476. The van der Waals surface area contributed by atoms with Gasteiger partial charge in [0.15, 0.2) is 5.60 Å². The molecule has 0 atom stereocenters. The lowest BCUT2D eigenvalue weighted by molar-refractivity contribution is 0.129. The van der Waals surface area contributed by atoms with E-state index in [1.165, 1.54) is 12.1 Å². The predicted octanol–water partition coefficient (Wildman–Crippen LogP) is 3.91. The molecule has 3 aromatic carbocycles. The smallest absolute Gasteiger partial charge is 0.205 e. The van der Waals surface area contributed by atoms with Gasteiger partial charge >= 0.3 is 0 Å². The maximum Gasteiger partial charge on any atom is 0.205 e. The van der Waals surface area contributed by atoms with E-state index in [0.29, 0.717) is 11.1 Å². The summed E-state index contributed by atoms with van der Waals surface area (Å²) in [6.07, 6.45) is 0. The van der Waals surface area contributed by atoms with Crippen molar-refractivity contribution >= 4 is 9.84 Å². The van der Waals surface area contributed by atoms with Crippen LogP contribution in [-0.2, 0) is 15.4 Å². The minimum Gasteiger partial charge on any atom is -0.375 e. The van der Waals surface area contributed by atoms with Crippen molar-refractivity contribution in [2.75, 3.05) is 0 Å². The van der Waals surface area contributed by atoms with Crippen LogP contribution in [0.1, 0.15) is 11.1 Å². The Labute approximate surface area is 147 Å². The second-order valence-corrected chi connectivity index (χ2v) is 7.65. The van der Waals surface area contributed by atoms with E-state index in [1.54, 1.807) is 66.7 Å². The van der Waals surface area contributed by atoms with E-state index in [1.807, 2.05) is 12.1 Å². The lowest BCUT2D eigenvalue weighted by Gasteiger charge is -2.31. The average Bonchev–Trinajstić information content (AvgIpc) is 2.68. The highest BCUT2D eigenvalue weighted by atomic mass is 32.2. The number of hydrogen-bond donors (Lipinski definition) is 1. The minimum atomic E-state index is -3.94. The molecule has 0 aromatic heterocycles. The molecule has 1 N–H and O–H groups in total. The van der Waals surface area contributed by atoms with Crippen molar-refractivity contribution in [3.05, 3.63) is 114 Å². The van der Waals surface area contributed by atoms with E-state index in [2.05, 4.69) is 6.58 Å². The minimum absolute atomic E-state index is 0.102. The summed E-state index contributed by atoms with van der Waals surface area (Å²) in [5.41, 5.74) is -0.951. The van der Waals surface area contributed by atoms with E-state index in [9.17, 15) is 13.5 Å². The highest BCUT2D eigenvalue weighted by molar-refractivity contribution is 7.95. The number of hydrogen-bond acceptors (Lipinski definition) is 3. The maximum absolute atomic E-state index is 13.1. The van der Waals surface area contributed by atoms with Crippen molar-refractivity contribution in [1.29, 1.82) is 0 Å². The van der Waals surface area contributed by atoms with Gasteiger partial charge in [0, 0.05) is 0 Å². The Kier molecular flexibility index (Phi) is 4.57. The van der Waals surface area contributed by atoms with Crippen LogP contribution in [0.5, 0.6) is 0 Å². The van der Waals surface area contributed by atoms with E-state index >= 15 is 0 Å². The second-order valence-electron chi connectivity index (χ2n) is 5.68. The number of benzene rings is 3. The first kappa shape index (κ1) is 17.1. The van der Waals surface area contributed by atoms with Crippen molar-refractivity contribution in [3.63, 3.8) is 0 Å². The highest BCUT2D eigenvalue weighted by Gasteiger charge is 2.41. The normalized spacial score (nSPS) is 11.9. The van der Waals surface area contributed by atoms with Crippen LogP contribution >= 0.6 is 0 Å². The highest BCUT2D eigenvalue weighted by Crippen LogP contribution is 2.40. The molecule has 126 valence electrons. The maximum atomic E-state index is 13.1. The summed E-state index contributed by atoms with van der Waals surface area (Å²) in [6, 6.07) is 25.4. The van der Waals surface area contributed by atoms with Gasteiger partial charge in [-0.15, -0.1) is 0 Å². The van der Waals surface area contributed by atoms with Crippen molar-refractivity contribution in [2.45, 2.75) is 10.5 Å². The van der Waals surface area contributed by atoms with Crippen molar-refractivity contribution in [3.8, 4) is 0 Å². The molecule has 0 aliphatic carbocycles. The molecular formula is C21H18O3S. The number of rotatable bonds is 5. The Morgan fingerprint density at radius 3 is 1.48 bits per heavy atom. The second kappa shape index (κ2) is 6.67. The van der Waals surface area contributed by atoms with Crippen LogP contribution in [0.4, 0.5) is 0 Å². The summed E-state index contributed by atoms with van der Waals surface area (Å²) in [5, 5.41) is 11.5. The monoisotopic (exact) mass is 350 g/mol. The van der Waals surface area contributed by atoms with Gasteiger partial charge in [-0.25, -0.2) is 8.42 Å². The molecule has 0 saturated heterocycles. The Morgan fingerprint density at radius 1 is 0.720 bits per heavy atom. The topological polar surface area (TPSA) is 54.4 Å². The lowest BCUT2D eigenvalue weighted by atomic mass is 9.86. The summed E-state index contributed by atoms with van der Waals surface area (Å²) in [7, 11) is -3.94. The summed E-state index contributed by atoms with van der Waals surface area (Å²) < 4.78 is 26.1. The van der Waals surface area contributed by atoms with Gasteiger partial charge in [-0.2, -0.15) is 0 Å². The third-order valence-electron chi connectivity index (χ3n) is 4.16. The van der Waals surface area contributed by atoms with E-state index in [0.717, 1.165) is 0 Å². The van der Waals surface area contributed by atoms with Gasteiger partial charge in [0.1, 0.15) is 0 Å². The summed E-state index contributed by atoms with van der Waals surface area (Å²) in [6.45, 7) is 3.79. The van der Waals surface area contributed by atoms with Gasteiger partial charge in [0.05, 0.1) is 9.80 Å². The van der Waals surface area contributed by atoms with Crippen molar-refractivity contribution in [1.82, 2.24) is 0 Å². The largest absolute Gasteiger partial charge is 0.375 e. The van der Waals surface area contributed by atoms with Crippen molar-refractivity contribution in [2.24, 2.45) is 0 Å². The van der Waals surface area contributed by atoms with E-state index < -0.39 is 15.4 Å². The molecule has 3 aromatic rings. The molecule has 0 radical (unpaired) electrons. The third kappa shape index (κ3) is 3.02. The van der Waals surface area contributed by atoms with Gasteiger partial charge in [0.2, 0.25) is 9.84 Å². The molecular weight excluding hydrogens is 332 g/mol. The Morgan fingerprint density at radius 2 is 1.08 bits per heavy atom. The molecule has 25 heavy (non-hydrogen) atoms. The third-order valence-corrected chi connectivity index (χ3v) is 6.00. The zero-order valence-electron chi connectivity index (χ0n) is 13.5. The predicted molar refractivity (Wildman–Crippen MR) is 98.7 cm³/mol. The molecule has 4 heteroatoms. The first-order chi connectivity index (χ1) is 12.0. The summed E-state index contributed by atoms with van der Waals surface area (Å²) in [5.74, 6) is 0. The van der Waals surface area contributed by atoms with Crippen molar-refractivity contribution < 1.29 is 13.5 Å². The molecule has 3 nitrogen and oxygen atoms in total. The molecule has 0 aliphatic heterocycles. The molecule has 3 rings (SSSR count). The number of sulfone groups is 1. The molecule has 0 aliphatic rings. The molecule has 0 fully saturated rings. The van der Waals surface area contributed by atoms with Crippen LogP contribution in [0.2, 0.25) is 0 Å². The molecule has 0 spiro atoms. The average molecular weight is 350 g/mol. The van der Waals surface area contributed by atoms with Gasteiger partial charge in [0.25, 0.3) is 0 Å². The molecule has 0 saturated carbocycles. The first-order valence-corrected chi connectivity index (χ1v) is 9.28.